The fraction of sp³-hybridized carbons (Fsp3) is 0.542. The van der Waals surface area contributed by atoms with Gasteiger partial charge in [-0.3, -0.25) is 19.3 Å². The van der Waals surface area contributed by atoms with E-state index >= 15 is 0 Å². The number of hydrogen-bond acceptors (Lipinski definition) is 5. The summed E-state index contributed by atoms with van der Waals surface area (Å²) in [6.07, 6.45) is 9.04. The number of imide groups is 1. The van der Waals surface area contributed by atoms with Gasteiger partial charge in [0.25, 0.3) is 0 Å². The Balaban J connectivity index is 1.21. The summed E-state index contributed by atoms with van der Waals surface area (Å²) in [5.41, 5.74) is 2.35. The molecule has 0 N–H and O–H groups in total. The standard InChI is InChI=1S/C24H29N3O5S/c28-22(16-27-23(29)20-7-3-4-8-21(20)24(27)30)25-11-13-26(14-12-25)33(31,32)19-10-9-17-5-1-2-6-18(17)15-19/h3-4,9-10,15,20-21H,1-2,5-8,11-14,16H2. The molecule has 3 amide bonds. The Morgan fingerprint density at radius 1 is 0.879 bits per heavy atom. The summed E-state index contributed by atoms with van der Waals surface area (Å²) in [5.74, 6) is -1.55. The SMILES string of the molecule is O=C(CN1C(=O)C2CC=CCC2C1=O)N1CCN(S(=O)(=O)c2ccc3c(c2)CCCC3)CC1. The van der Waals surface area contributed by atoms with Gasteiger partial charge in [-0.2, -0.15) is 4.31 Å². The molecule has 0 saturated carbocycles. The second kappa shape index (κ2) is 8.68. The minimum atomic E-state index is -3.63. The molecule has 2 unspecified atom stereocenters. The van der Waals surface area contributed by atoms with Crippen LogP contribution < -0.4 is 0 Å². The molecule has 5 rings (SSSR count). The number of benzene rings is 1. The second-order valence-corrected chi connectivity index (χ2v) is 11.3. The van der Waals surface area contributed by atoms with E-state index in [-0.39, 0.29) is 62.3 Å². The van der Waals surface area contributed by atoms with Gasteiger partial charge in [-0.25, -0.2) is 8.42 Å². The highest BCUT2D eigenvalue weighted by molar-refractivity contribution is 7.89. The lowest BCUT2D eigenvalue weighted by atomic mass is 9.85. The summed E-state index contributed by atoms with van der Waals surface area (Å²) in [5, 5.41) is 0. The van der Waals surface area contributed by atoms with E-state index in [1.165, 1.54) is 9.87 Å². The van der Waals surface area contributed by atoms with Gasteiger partial charge >= 0.3 is 0 Å². The van der Waals surface area contributed by atoms with Crippen molar-refractivity contribution in [3.63, 3.8) is 0 Å². The number of hydrogen-bond donors (Lipinski definition) is 0. The average molecular weight is 472 g/mol. The van der Waals surface area contributed by atoms with E-state index in [1.54, 1.807) is 17.0 Å². The van der Waals surface area contributed by atoms with Gasteiger partial charge in [-0.05, 0) is 61.8 Å². The summed E-state index contributed by atoms with van der Waals surface area (Å²) in [6.45, 7) is 0.619. The first-order chi connectivity index (χ1) is 15.9. The first-order valence-electron chi connectivity index (χ1n) is 11.8. The zero-order valence-corrected chi connectivity index (χ0v) is 19.4. The maximum Gasteiger partial charge on any atom is 0.243 e. The molecule has 2 aliphatic heterocycles. The van der Waals surface area contributed by atoms with Crippen LogP contribution in [0.4, 0.5) is 0 Å². The maximum absolute atomic E-state index is 13.2. The third kappa shape index (κ3) is 4.01. The van der Waals surface area contributed by atoms with Crippen molar-refractivity contribution >= 4 is 27.7 Å². The number of fused-ring (bicyclic) bond motifs is 2. The minimum Gasteiger partial charge on any atom is -0.338 e. The van der Waals surface area contributed by atoms with Crippen LogP contribution in [0.2, 0.25) is 0 Å². The van der Waals surface area contributed by atoms with Crippen molar-refractivity contribution in [1.82, 2.24) is 14.1 Å². The van der Waals surface area contributed by atoms with Crippen molar-refractivity contribution in [2.75, 3.05) is 32.7 Å². The lowest BCUT2D eigenvalue weighted by Gasteiger charge is -2.34. The van der Waals surface area contributed by atoms with Crippen molar-refractivity contribution in [1.29, 1.82) is 0 Å². The molecule has 0 bridgehead atoms. The Kier molecular flexibility index (Phi) is 5.86. The Bertz CT molecular complexity index is 1090. The number of allylic oxidation sites excluding steroid dienone is 2. The number of carbonyl (C=O) groups excluding carboxylic acids is 3. The van der Waals surface area contributed by atoms with Gasteiger partial charge in [0, 0.05) is 26.2 Å². The summed E-state index contributed by atoms with van der Waals surface area (Å²) >= 11 is 0. The third-order valence-electron chi connectivity index (χ3n) is 7.44. The van der Waals surface area contributed by atoms with Gasteiger partial charge in [0.15, 0.2) is 0 Å². The molecule has 9 heteroatoms. The van der Waals surface area contributed by atoms with Gasteiger partial charge in [0.2, 0.25) is 27.7 Å². The van der Waals surface area contributed by atoms with Gasteiger partial charge in [0.05, 0.1) is 16.7 Å². The summed E-state index contributed by atoms with van der Waals surface area (Å²) in [7, 11) is -3.63. The predicted molar refractivity (Wildman–Crippen MR) is 120 cm³/mol. The second-order valence-electron chi connectivity index (χ2n) is 9.34. The van der Waals surface area contributed by atoms with Crippen LogP contribution in [0.1, 0.15) is 36.8 Å². The van der Waals surface area contributed by atoms with Crippen molar-refractivity contribution in [2.45, 2.75) is 43.4 Å². The number of piperazine rings is 1. The molecule has 2 heterocycles. The van der Waals surface area contributed by atoms with E-state index in [1.807, 2.05) is 18.2 Å². The van der Waals surface area contributed by atoms with Crippen molar-refractivity contribution in [3.05, 3.63) is 41.5 Å². The highest BCUT2D eigenvalue weighted by atomic mass is 32.2. The molecule has 1 aromatic carbocycles. The number of likely N-dealkylation sites (tertiary alicyclic amines) is 1. The molecule has 0 spiro atoms. The number of carbonyl (C=O) groups is 3. The molecular formula is C24H29N3O5S. The third-order valence-corrected chi connectivity index (χ3v) is 9.34. The van der Waals surface area contributed by atoms with Crippen LogP contribution in [-0.4, -0.2) is 73.0 Å². The van der Waals surface area contributed by atoms with Crippen LogP contribution in [-0.2, 0) is 37.2 Å². The molecule has 2 aliphatic carbocycles. The van der Waals surface area contributed by atoms with Crippen LogP contribution in [0.5, 0.6) is 0 Å². The van der Waals surface area contributed by atoms with E-state index in [4.69, 9.17) is 0 Å². The van der Waals surface area contributed by atoms with Crippen LogP contribution >= 0.6 is 0 Å². The van der Waals surface area contributed by atoms with Gasteiger partial charge in [-0.1, -0.05) is 18.2 Å². The lowest BCUT2D eigenvalue weighted by molar-refractivity contribution is -0.147. The first-order valence-corrected chi connectivity index (χ1v) is 13.2. The summed E-state index contributed by atoms with van der Waals surface area (Å²) in [6, 6.07) is 5.43. The molecule has 4 aliphatic rings. The molecule has 2 saturated heterocycles. The molecule has 2 atom stereocenters. The Hall–Kier alpha value is -2.52. The van der Waals surface area contributed by atoms with Crippen LogP contribution in [0.25, 0.3) is 0 Å². The van der Waals surface area contributed by atoms with E-state index in [0.29, 0.717) is 17.7 Å². The zero-order chi connectivity index (χ0) is 23.2. The zero-order valence-electron chi connectivity index (χ0n) is 18.6. The van der Waals surface area contributed by atoms with Crippen LogP contribution in [0, 0.1) is 11.8 Å². The smallest absolute Gasteiger partial charge is 0.243 e. The van der Waals surface area contributed by atoms with E-state index in [2.05, 4.69) is 0 Å². The molecule has 0 aromatic heterocycles. The largest absolute Gasteiger partial charge is 0.338 e. The van der Waals surface area contributed by atoms with Crippen LogP contribution in [0.3, 0.4) is 0 Å². The summed E-state index contributed by atoms with van der Waals surface area (Å²) in [4.78, 5) is 41.0. The Morgan fingerprint density at radius 3 is 2.12 bits per heavy atom. The average Bonchev–Trinajstić information content (AvgIpc) is 3.08. The lowest BCUT2D eigenvalue weighted by Crippen LogP contribution is -2.53. The maximum atomic E-state index is 13.2. The minimum absolute atomic E-state index is 0.197. The quantitative estimate of drug-likeness (QED) is 0.488. The number of aryl methyl sites for hydroxylation is 2. The summed E-state index contributed by atoms with van der Waals surface area (Å²) < 4.78 is 27.8. The van der Waals surface area contributed by atoms with Gasteiger partial charge < -0.3 is 4.90 Å². The number of nitrogens with zero attached hydrogens (tertiary/aromatic N) is 3. The van der Waals surface area contributed by atoms with E-state index in [0.717, 1.165) is 36.1 Å². The molecule has 1 aromatic rings. The van der Waals surface area contributed by atoms with Crippen molar-refractivity contribution in [3.8, 4) is 0 Å². The molecule has 176 valence electrons. The van der Waals surface area contributed by atoms with Gasteiger partial charge in [0.1, 0.15) is 6.54 Å². The highest BCUT2D eigenvalue weighted by Crippen LogP contribution is 2.35. The van der Waals surface area contributed by atoms with E-state index in [9.17, 15) is 22.8 Å². The van der Waals surface area contributed by atoms with Crippen molar-refractivity contribution in [2.24, 2.45) is 11.8 Å². The molecule has 0 radical (unpaired) electrons. The Morgan fingerprint density at radius 2 is 1.48 bits per heavy atom. The van der Waals surface area contributed by atoms with Crippen LogP contribution in [0.15, 0.2) is 35.2 Å². The Labute approximate surface area is 194 Å². The van der Waals surface area contributed by atoms with Gasteiger partial charge in [-0.15, -0.1) is 0 Å². The number of sulfonamides is 1. The highest BCUT2D eigenvalue weighted by Gasteiger charge is 2.48. The molecule has 8 nitrogen and oxygen atoms in total. The first kappa shape index (κ1) is 22.3. The molecule has 33 heavy (non-hydrogen) atoms. The van der Waals surface area contributed by atoms with E-state index < -0.39 is 10.0 Å². The number of amides is 3. The predicted octanol–water partition coefficient (Wildman–Crippen LogP) is 1.35. The molecule has 2 fully saturated rings. The topological polar surface area (TPSA) is 95.1 Å². The fourth-order valence-electron chi connectivity index (χ4n) is 5.46. The monoisotopic (exact) mass is 471 g/mol. The normalized spacial score (nSPS) is 25.8. The fourth-order valence-corrected chi connectivity index (χ4v) is 6.93. The number of rotatable bonds is 4. The molecular weight excluding hydrogens is 442 g/mol. The van der Waals surface area contributed by atoms with Crippen molar-refractivity contribution < 1.29 is 22.8 Å².